The van der Waals surface area contributed by atoms with Crippen LogP contribution >= 0.6 is 12.4 Å². The van der Waals surface area contributed by atoms with E-state index in [2.05, 4.69) is 21.3 Å². The van der Waals surface area contributed by atoms with Crippen molar-refractivity contribution in [2.24, 2.45) is 0 Å². The summed E-state index contributed by atoms with van der Waals surface area (Å²) < 4.78 is 5.34. The number of anilines is 2. The van der Waals surface area contributed by atoms with E-state index in [0.717, 1.165) is 62.0 Å². The highest BCUT2D eigenvalue weighted by atomic mass is 35.5. The van der Waals surface area contributed by atoms with E-state index in [-0.39, 0.29) is 12.4 Å². The summed E-state index contributed by atoms with van der Waals surface area (Å²) in [4.78, 5) is 6.88. The Morgan fingerprint density at radius 1 is 1.04 bits per heavy atom. The average molecular weight is 335 g/mol. The number of nitrogen functional groups attached to an aromatic ring is 1. The van der Waals surface area contributed by atoms with Crippen molar-refractivity contribution < 1.29 is 4.74 Å². The molecule has 2 heterocycles. The Labute approximate surface area is 143 Å². The minimum atomic E-state index is 0. The van der Waals surface area contributed by atoms with Gasteiger partial charge in [-0.25, -0.2) is 4.98 Å². The van der Waals surface area contributed by atoms with Crippen molar-refractivity contribution >= 4 is 23.9 Å². The third-order valence-corrected chi connectivity index (χ3v) is 3.85. The average Bonchev–Trinajstić information content (AvgIpc) is 2.57. The summed E-state index contributed by atoms with van der Waals surface area (Å²) in [5.41, 5.74) is 8.71. The van der Waals surface area contributed by atoms with Crippen molar-refractivity contribution in [3.05, 3.63) is 42.6 Å². The molecule has 3 rings (SSSR count). The van der Waals surface area contributed by atoms with Gasteiger partial charge in [-0.1, -0.05) is 12.1 Å². The predicted molar refractivity (Wildman–Crippen MR) is 97.1 cm³/mol. The van der Waals surface area contributed by atoms with Crippen molar-refractivity contribution in [1.29, 1.82) is 0 Å². The maximum Gasteiger partial charge on any atom is 0.125 e. The quantitative estimate of drug-likeness (QED) is 0.823. The first-order valence-electron chi connectivity index (χ1n) is 7.67. The molecule has 23 heavy (non-hydrogen) atoms. The van der Waals surface area contributed by atoms with Crippen LogP contribution in [0.2, 0.25) is 0 Å². The number of hydrogen-bond donors (Lipinski definition) is 2. The molecule has 1 saturated heterocycles. The van der Waals surface area contributed by atoms with Gasteiger partial charge in [0.2, 0.25) is 0 Å². The van der Waals surface area contributed by atoms with Crippen LogP contribution in [0.4, 0.5) is 11.5 Å². The smallest absolute Gasteiger partial charge is 0.125 e. The molecule has 2 aromatic rings. The second kappa shape index (κ2) is 8.72. The Kier molecular flexibility index (Phi) is 6.65. The molecule has 0 unspecified atom stereocenters. The van der Waals surface area contributed by atoms with Crippen LogP contribution in [-0.2, 0) is 4.74 Å². The number of nitrogens with one attached hydrogen (secondary N) is 1. The summed E-state index contributed by atoms with van der Waals surface area (Å²) in [6.07, 6.45) is 1.89. The van der Waals surface area contributed by atoms with Gasteiger partial charge in [0.05, 0.1) is 13.2 Å². The lowest BCUT2D eigenvalue weighted by Gasteiger charge is -2.26. The van der Waals surface area contributed by atoms with Crippen LogP contribution in [-0.4, -0.2) is 49.3 Å². The van der Waals surface area contributed by atoms with Gasteiger partial charge in [-0.05, 0) is 29.8 Å². The van der Waals surface area contributed by atoms with Gasteiger partial charge < -0.3 is 15.8 Å². The molecule has 3 N–H and O–H groups in total. The summed E-state index contributed by atoms with van der Waals surface area (Å²) >= 11 is 0. The van der Waals surface area contributed by atoms with Crippen LogP contribution in [0.3, 0.4) is 0 Å². The number of aromatic nitrogens is 1. The molecule has 1 aromatic heterocycles. The molecule has 1 aliphatic heterocycles. The first-order valence-corrected chi connectivity index (χ1v) is 7.67. The van der Waals surface area contributed by atoms with Crippen molar-refractivity contribution in [3.63, 3.8) is 0 Å². The Morgan fingerprint density at radius 3 is 2.39 bits per heavy atom. The van der Waals surface area contributed by atoms with E-state index in [1.54, 1.807) is 0 Å². The van der Waals surface area contributed by atoms with E-state index < -0.39 is 0 Å². The molecule has 0 radical (unpaired) electrons. The molecule has 0 bridgehead atoms. The zero-order valence-electron chi connectivity index (χ0n) is 13.1. The predicted octanol–water partition coefficient (Wildman–Crippen LogP) is 2.50. The van der Waals surface area contributed by atoms with Gasteiger partial charge in [-0.3, -0.25) is 4.90 Å². The highest BCUT2D eigenvalue weighted by Gasteiger charge is 2.09. The Balaban J connectivity index is 0.00000192. The number of halogens is 1. The fourth-order valence-corrected chi connectivity index (χ4v) is 2.51. The van der Waals surface area contributed by atoms with Gasteiger partial charge in [0.1, 0.15) is 5.82 Å². The molecule has 1 aliphatic rings. The Hall–Kier alpha value is -1.82. The lowest BCUT2D eigenvalue weighted by Crippen LogP contribution is -2.39. The zero-order chi connectivity index (χ0) is 15.2. The van der Waals surface area contributed by atoms with Gasteiger partial charge in [0.15, 0.2) is 0 Å². The molecule has 124 valence electrons. The largest absolute Gasteiger partial charge is 0.399 e. The van der Waals surface area contributed by atoms with Crippen molar-refractivity contribution in [2.75, 3.05) is 50.4 Å². The number of benzene rings is 1. The number of nitrogens with two attached hydrogens (primary N) is 1. The number of pyridine rings is 1. The lowest BCUT2D eigenvalue weighted by molar-refractivity contribution is 0.0398. The van der Waals surface area contributed by atoms with Gasteiger partial charge in [0.25, 0.3) is 0 Å². The van der Waals surface area contributed by atoms with Gasteiger partial charge in [-0.2, -0.15) is 0 Å². The monoisotopic (exact) mass is 334 g/mol. The minimum Gasteiger partial charge on any atom is -0.399 e. The third kappa shape index (κ3) is 5.10. The third-order valence-electron chi connectivity index (χ3n) is 3.85. The molecule has 0 amide bonds. The fraction of sp³-hybridized carbons (Fsp3) is 0.353. The number of rotatable bonds is 5. The van der Waals surface area contributed by atoms with Crippen LogP contribution in [0, 0.1) is 0 Å². The van der Waals surface area contributed by atoms with E-state index in [1.165, 1.54) is 0 Å². The first kappa shape index (κ1) is 17.5. The van der Waals surface area contributed by atoms with E-state index in [4.69, 9.17) is 10.5 Å². The maximum atomic E-state index is 5.71. The van der Waals surface area contributed by atoms with Gasteiger partial charge in [0, 0.05) is 43.6 Å². The van der Waals surface area contributed by atoms with E-state index >= 15 is 0 Å². The Morgan fingerprint density at radius 2 is 1.74 bits per heavy atom. The number of nitrogens with zero attached hydrogens (tertiary/aromatic N) is 2. The van der Waals surface area contributed by atoms with Gasteiger partial charge in [-0.15, -0.1) is 12.4 Å². The lowest BCUT2D eigenvalue weighted by atomic mass is 10.1. The second-order valence-corrected chi connectivity index (χ2v) is 5.43. The topological polar surface area (TPSA) is 63.4 Å². The second-order valence-electron chi connectivity index (χ2n) is 5.43. The van der Waals surface area contributed by atoms with Crippen molar-refractivity contribution in [1.82, 2.24) is 9.88 Å². The summed E-state index contributed by atoms with van der Waals surface area (Å²) in [5, 5.41) is 3.37. The fourth-order valence-electron chi connectivity index (χ4n) is 2.51. The highest BCUT2D eigenvalue weighted by molar-refractivity contribution is 5.85. The Bertz CT molecular complexity index is 583. The molecule has 5 nitrogen and oxygen atoms in total. The number of morpholine rings is 1. The van der Waals surface area contributed by atoms with Crippen LogP contribution in [0.5, 0.6) is 0 Å². The normalized spacial score (nSPS) is 15.0. The SMILES string of the molecule is Cl.Nc1ccc(-c2ccc(NCCN3CCOCC3)nc2)cc1. The van der Waals surface area contributed by atoms with E-state index in [9.17, 15) is 0 Å². The molecular weight excluding hydrogens is 312 g/mol. The summed E-state index contributed by atoms with van der Waals surface area (Å²) in [5.74, 6) is 0.910. The molecule has 0 aliphatic carbocycles. The van der Waals surface area contributed by atoms with Crippen LogP contribution in [0.25, 0.3) is 11.1 Å². The number of hydrogen-bond acceptors (Lipinski definition) is 5. The van der Waals surface area contributed by atoms with Crippen LogP contribution in [0.1, 0.15) is 0 Å². The molecule has 1 aromatic carbocycles. The standard InChI is InChI=1S/C17H22N4O.ClH/c18-16-4-1-14(2-5-16)15-3-6-17(20-13-15)19-7-8-21-9-11-22-12-10-21;/h1-6,13H,7-12,18H2,(H,19,20);1H. The molecular formula is C17H23ClN4O. The minimum absolute atomic E-state index is 0. The molecule has 0 spiro atoms. The molecule has 6 heteroatoms. The zero-order valence-corrected chi connectivity index (χ0v) is 13.9. The van der Waals surface area contributed by atoms with Crippen LogP contribution < -0.4 is 11.1 Å². The number of ether oxygens (including phenoxy) is 1. The van der Waals surface area contributed by atoms with E-state index in [1.807, 2.05) is 36.5 Å². The molecule has 0 saturated carbocycles. The van der Waals surface area contributed by atoms with Gasteiger partial charge >= 0.3 is 0 Å². The highest BCUT2D eigenvalue weighted by Crippen LogP contribution is 2.20. The summed E-state index contributed by atoms with van der Waals surface area (Å²) in [6.45, 7) is 5.64. The van der Waals surface area contributed by atoms with Crippen molar-refractivity contribution in [2.45, 2.75) is 0 Å². The molecule has 1 fully saturated rings. The van der Waals surface area contributed by atoms with Crippen LogP contribution in [0.15, 0.2) is 42.6 Å². The summed E-state index contributed by atoms with van der Waals surface area (Å²) in [7, 11) is 0. The van der Waals surface area contributed by atoms with Crippen molar-refractivity contribution in [3.8, 4) is 11.1 Å². The first-order chi connectivity index (χ1) is 10.8. The maximum absolute atomic E-state index is 5.71. The van der Waals surface area contributed by atoms with E-state index in [0.29, 0.717) is 0 Å². The summed E-state index contributed by atoms with van der Waals surface area (Å²) in [6, 6.07) is 11.9. The molecule has 0 atom stereocenters.